The lowest BCUT2D eigenvalue weighted by molar-refractivity contribution is -0.385. The molecule has 0 fully saturated rings. The van der Waals surface area contributed by atoms with E-state index < -0.39 is 16.7 Å². The first-order valence-electron chi connectivity index (χ1n) is 4.92. The lowest BCUT2D eigenvalue weighted by atomic mass is 10.1. The first-order valence-corrected chi connectivity index (χ1v) is 4.92. The van der Waals surface area contributed by atoms with E-state index in [2.05, 4.69) is 5.32 Å². The normalized spacial score (nSPS) is 11.4. The molecule has 0 saturated carbocycles. The van der Waals surface area contributed by atoms with Gasteiger partial charge in [0.1, 0.15) is 5.92 Å². The zero-order valence-electron chi connectivity index (χ0n) is 9.43. The number of nitro groups is 1. The molecule has 1 amide bonds. The van der Waals surface area contributed by atoms with Crippen LogP contribution in [0.5, 0.6) is 0 Å². The van der Waals surface area contributed by atoms with E-state index >= 15 is 0 Å². The zero-order valence-corrected chi connectivity index (χ0v) is 9.43. The number of anilines is 1. The van der Waals surface area contributed by atoms with E-state index in [0.29, 0.717) is 11.3 Å². The maximum atomic E-state index is 11.5. The molecule has 1 aromatic rings. The molecule has 1 N–H and O–H groups in total. The molecule has 0 aliphatic carbocycles. The van der Waals surface area contributed by atoms with E-state index in [1.807, 2.05) is 0 Å². The Kier molecular flexibility index (Phi) is 3.78. The van der Waals surface area contributed by atoms with Crippen molar-refractivity contribution in [3.05, 3.63) is 33.9 Å². The van der Waals surface area contributed by atoms with Crippen molar-refractivity contribution in [1.29, 1.82) is 5.26 Å². The minimum atomic E-state index is -0.798. The second-order valence-corrected chi connectivity index (χ2v) is 3.55. The summed E-state index contributed by atoms with van der Waals surface area (Å²) in [5, 5.41) is 21.8. The smallest absolute Gasteiger partial charge is 0.274 e. The Balaban J connectivity index is 3.01. The Morgan fingerprint density at radius 2 is 2.24 bits per heavy atom. The van der Waals surface area contributed by atoms with Crippen LogP contribution in [0, 0.1) is 34.3 Å². The highest BCUT2D eigenvalue weighted by molar-refractivity contribution is 5.94. The van der Waals surface area contributed by atoms with Gasteiger partial charge in [0.05, 0.1) is 22.2 Å². The van der Waals surface area contributed by atoms with Crippen LogP contribution in [-0.2, 0) is 4.79 Å². The Hall–Kier alpha value is -2.42. The van der Waals surface area contributed by atoms with E-state index in [9.17, 15) is 14.9 Å². The average molecular weight is 233 g/mol. The lowest BCUT2D eigenvalue weighted by Crippen LogP contribution is -2.19. The molecule has 0 heterocycles. The third-order valence-electron chi connectivity index (χ3n) is 2.35. The van der Waals surface area contributed by atoms with Gasteiger partial charge in [0.2, 0.25) is 5.91 Å². The van der Waals surface area contributed by atoms with Gasteiger partial charge in [0.25, 0.3) is 5.69 Å². The van der Waals surface area contributed by atoms with E-state index in [1.54, 1.807) is 19.1 Å². The van der Waals surface area contributed by atoms with E-state index in [-0.39, 0.29) is 5.69 Å². The van der Waals surface area contributed by atoms with Crippen molar-refractivity contribution in [2.75, 3.05) is 5.32 Å². The summed E-state index contributed by atoms with van der Waals surface area (Å²) in [6.07, 6.45) is 0. The highest BCUT2D eigenvalue weighted by Gasteiger charge is 2.17. The summed E-state index contributed by atoms with van der Waals surface area (Å²) in [5.41, 5.74) is 0.662. The highest BCUT2D eigenvalue weighted by Crippen LogP contribution is 2.25. The molecule has 0 aromatic heterocycles. The van der Waals surface area contributed by atoms with Crippen molar-refractivity contribution in [3.8, 4) is 6.07 Å². The molecule has 0 spiro atoms. The molecule has 0 bridgehead atoms. The van der Waals surface area contributed by atoms with Crippen molar-refractivity contribution in [3.63, 3.8) is 0 Å². The van der Waals surface area contributed by atoms with E-state index in [4.69, 9.17) is 5.26 Å². The van der Waals surface area contributed by atoms with E-state index in [0.717, 1.165) is 0 Å². The van der Waals surface area contributed by atoms with Gasteiger partial charge in [-0.1, -0.05) is 6.07 Å². The number of rotatable bonds is 3. The minimum Gasteiger partial charge on any atom is -0.324 e. The van der Waals surface area contributed by atoms with Gasteiger partial charge >= 0.3 is 0 Å². The fraction of sp³-hybridized carbons (Fsp3) is 0.273. The maximum Gasteiger partial charge on any atom is 0.274 e. The summed E-state index contributed by atoms with van der Waals surface area (Å²) in [6, 6.07) is 6.20. The predicted octanol–water partition coefficient (Wildman–Crippen LogP) is 2.00. The molecule has 1 aromatic carbocycles. The number of benzene rings is 1. The quantitative estimate of drug-likeness (QED) is 0.637. The van der Waals surface area contributed by atoms with Gasteiger partial charge in [0, 0.05) is 6.07 Å². The summed E-state index contributed by atoms with van der Waals surface area (Å²) in [7, 11) is 0. The fourth-order valence-electron chi connectivity index (χ4n) is 1.26. The molecule has 17 heavy (non-hydrogen) atoms. The SMILES string of the molecule is Cc1c(NC(=O)C(C)C#N)cccc1[N+](=O)[O-]. The first-order chi connectivity index (χ1) is 7.97. The van der Waals surface area contributed by atoms with Crippen molar-refractivity contribution in [1.82, 2.24) is 0 Å². The summed E-state index contributed by atoms with van der Waals surface area (Å²) in [5.74, 6) is -1.27. The molecule has 6 heteroatoms. The molecular formula is C11H11N3O3. The van der Waals surface area contributed by atoms with Gasteiger partial charge in [-0.2, -0.15) is 5.26 Å². The van der Waals surface area contributed by atoms with Crippen LogP contribution < -0.4 is 5.32 Å². The molecule has 0 saturated heterocycles. The molecule has 1 unspecified atom stereocenters. The van der Waals surface area contributed by atoms with Crippen LogP contribution in [0.4, 0.5) is 11.4 Å². The maximum absolute atomic E-state index is 11.5. The standard InChI is InChI=1S/C11H11N3O3/c1-7(6-12)11(15)13-9-4-3-5-10(8(9)2)14(16)17/h3-5,7H,1-2H3,(H,13,15). The van der Waals surface area contributed by atoms with Crippen molar-refractivity contribution >= 4 is 17.3 Å². The zero-order chi connectivity index (χ0) is 13.0. The second-order valence-electron chi connectivity index (χ2n) is 3.55. The van der Waals surface area contributed by atoms with Gasteiger partial charge in [0.15, 0.2) is 0 Å². The minimum absolute atomic E-state index is 0.0626. The van der Waals surface area contributed by atoms with Gasteiger partial charge in [-0.15, -0.1) is 0 Å². The molecular weight excluding hydrogens is 222 g/mol. The van der Waals surface area contributed by atoms with Crippen LogP contribution >= 0.6 is 0 Å². The largest absolute Gasteiger partial charge is 0.324 e. The Morgan fingerprint density at radius 1 is 1.59 bits per heavy atom. The highest BCUT2D eigenvalue weighted by atomic mass is 16.6. The molecule has 0 aliphatic rings. The Morgan fingerprint density at radius 3 is 2.76 bits per heavy atom. The molecule has 0 radical (unpaired) electrons. The van der Waals surface area contributed by atoms with Crippen molar-refractivity contribution in [2.24, 2.45) is 5.92 Å². The monoisotopic (exact) mass is 233 g/mol. The Labute approximate surface area is 98.0 Å². The van der Waals surface area contributed by atoms with Gasteiger partial charge in [-0.3, -0.25) is 14.9 Å². The van der Waals surface area contributed by atoms with Gasteiger partial charge in [-0.25, -0.2) is 0 Å². The first kappa shape index (κ1) is 12.6. The average Bonchev–Trinajstić information content (AvgIpc) is 2.30. The van der Waals surface area contributed by atoms with Gasteiger partial charge < -0.3 is 5.32 Å². The Bertz CT molecular complexity index is 505. The number of nitrogens with one attached hydrogen (secondary N) is 1. The molecule has 0 aliphatic heterocycles. The van der Waals surface area contributed by atoms with Gasteiger partial charge in [-0.05, 0) is 19.9 Å². The van der Waals surface area contributed by atoms with Crippen LogP contribution in [-0.4, -0.2) is 10.8 Å². The molecule has 6 nitrogen and oxygen atoms in total. The molecule has 1 atom stereocenters. The molecule has 88 valence electrons. The van der Waals surface area contributed by atoms with Crippen LogP contribution in [0.2, 0.25) is 0 Å². The topological polar surface area (TPSA) is 96.0 Å². The lowest BCUT2D eigenvalue weighted by Gasteiger charge is -2.09. The number of hydrogen-bond donors (Lipinski definition) is 1. The number of amides is 1. The number of hydrogen-bond acceptors (Lipinski definition) is 4. The number of nitro benzene ring substituents is 1. The van der Waals surface area contributed by atoms with Crippen LogP contribution in [0.15, 0.2) is 18.2 Å². The molecule has 1 rings (SSSR count). The van der Waals surface area contributed by atoms with Crippen LogP contribution in [0.25, 0.3) is 0 Å². The van der Waals surface area contributed by atoms with E-state index in [1.165, 1.54) is 19.1 Å². The summed E-state index contributed by atoms with van der Waals surface area (Å²) in [6.45, 7) is 3.01. The number of carbonyl (C=O) groups is 1. The summed E-state index contributed by atoms with van der Waals surface area (Å²) < 4.78 is 0. The number of carbonyl (C=O) groups excluding carboxylic acids is 1. The predicted molar refractivity (Wildman–Crippen MR) is 61.2 cm³/mol. The van der Waals surface area contributed by atoms with Crippen LogP contribution in [0.1, 0.15) is 12.5 Å². The number of nitriles is 1. The fourth-order valence-corrected chi connectivity index (χ4v) is 1.26. The summed E-state index contributed by atoms with van der Waals surface area (Å²) in [4.78, 5) is 21.6. The van der Waals surface area contributed by atoms with Crippen molar-refractivity contribution in [2.45, 2.75) is 13.8 Å². The third kappa shape index (κ3) is 2.78. The summed E-state index contributed by atoms with van der Waals surface area (Å²) >= 11 is 0. The van der Waals surface area contributed by atoms with Crippen LogP contribution in [0.3, 0.4) is 0 Å². The third-order valence-corrected chi connectivity index (χ3v) is 2.35. The second kappa shape index (κ2) is 5.07. The number of nitrogens with zero attached hydrogens (tertiary/aromatic N) is 2. The van der Waals surface area contributed by atoms with Crippen molar-refractivity contribution < 1.29 is 9.72 Å².